The van der Waals surface area contributed by atoms with Gasteiger partial charge in [-0.05, 0) is 36.5 Å². The molecule has 1 aromatic carbocycles. The largest absolute Gasteiger partial charge is 0.493 e. The molecule has 22 heavy (non-hydrogen) atoms. The number of hydrogen-bond donors (Lipinski definition) is 1. The van der Waals surface area contributed by atoms with Gasteiger partial charge in [0, 0.05) is 32.2 Å². The summed E-state index contributed by atoms with van der Waals surface area (Å²) in [5.41, 5.74) is 1.33. The van der Waals surface area contributed by atoms with E-state index in [1.165, 1.54) is 18.4 Å². The van der Waals surface area contributed by atoms with E-state index in [1.54, 1.807) is 14.2 Å². The van der Waals surface area contributed by atoms with Gasteiger partial charge in [-0.25, -0.2) is 0 Å². The molecule has 0 unspecified atom stereocenters. The summed E-state index contributed by atoms with van der Waals surface area (Å²) < 4.78 is 10.9. The molecule has 0 saturated carbocycles. The third kappa shape index (κ3) is 4.37. The van der Waals surface area contributed by atoms with Gasteiger partial charge in [0.15, 0.2) is 11.5 Å². The number of benzene rings is 1. The van der Waals surface area contributed by atoms with E-state index in [2.05, 4.69) is 36.2 Å². The average Bonchev–Trinajstić information content (AvgIpc) is 2.55. The molecule has 4 nitrogen and oxygen atoms in total. The number of piperazine rings is 1. The van der Waals surface area contributed by atoms with E-state index < -0.39 is 0 Å². The van der Waals surface area contributed by atoms with Crippen molar-refractivity contribution in [3.63, 3.8) is 0 Å². The van der Waals surface area contributed by atoms with Crippen LogP contribution in [0.2, 0.25) is 0 Å². The number of ether oxygens (including phenoxy) is 2. The minimum Gasteiger partial charge on any atom is -0.493 e. The first-order valence-corrected chi connectivity index (χ1v) is 8.32. The molecular weight excluding hydrogens is 276 g/mol. The minimum absolute atomic E-state index is 0.462. The molecule has 1 aliphatic rings. The molecular formula is C18H30N2O2. The Morgan fingerprint density at radius 3 is 2.32 bits per heavy atom. The van der Waals surface area contributed by atoms with Crippen molar-refractivity contribution < 1.29 is 9.47 Å². The van der Waals surface area contributed by atoms with E-state index in [9.17, 15) is 0 Å². The normalized spacial score (nSPS) is 17.5. The second-order valence-corrected chi connectivity index (χ2v) is 6.39. The van der Waals surface area contributed by atoms with Crippen LogP contribution in [0.15, 0.2) is 18.2 Å². The van der Waals surface area contributed by atoms with Gasteiger partial charge in [-0.2, -0.15) is 0 Å². The zero-order valence-corrected chi connectivity index (χ0v) is 14.4. The van der Waals surface area contributed by atoms with Crippen LogP contribution < -0.4 is 14.8 Å². The number of nitrogens with zero attached hydrogens (tertiary/aromatic N) is 1. The number of methoxy groups -OCH3 is 2. The van der Waals surface area contributed by atoms with Crippen LogP contribution in [0.3, 0.4) is 0 Å². The van der Waals surface area contributed by atoms with Gasteiger partial charge in [0.2, 0.25) is 0 Å². The fourth-order valence-electron chi connectivity index (χ4n) is 3.11. The van der Waals surface area contributed by atoms with E-state index in [0.29, 0.717) is 6.04 Å². The molecule has 4 heteroatoms. The molecule has 0 aliphatic carbocycles. The van der Waals surface area contributed by atoms with Crippen molar-refractivity contribution in [2.75, 3.05) is 40.4 Å². The van der Waals surface area contributed by atoms with Crippen LogP contribution >= 0.6 is 0 Å². The van der Waals surface area contributed by atoms with Crippen LogP contribution in [-0.2, 0) is 0 Å². The van der Waals surface area contributed by atoms with Crippen molar-refractivity contribution >= 4 is 0 Å². The van der Waals surface area contributed by atoms with Gasteiger partial charge in [0.1, 0.15) is 0 Å². The summed E-state index contributed by atoms with van der Waals surface area (Å²) in [7, 11) is 3.39. The van der Waals surface area contributed by atoms with E-state index in [0.717, 1.165) is 43.6 Å². The van der Waals surface area contributed by atoms with E-state index in [4.69, 9.17) is 9.47 Å². The van der Waals surface area contributed by atoms with Crippen LogP contribution in [0.5, 0.6) is 11.5 Å². The van der Waals surface area contributed by atoms with Crippen molar-refractivity contribution in [3.8, 4) is 11.5 Å². The standard InChI is InChI=1S/C18H30N2O2/c1-14(2)5-7-16(20-11-9-19-10-12-20)15-6-8-17(21-3)18(13-15)22-4/h6,8,13-14,16,19H,5,7,9-12H2,1-4H3/t16-/m1/s1. The Morgan fingerprint density at radius 1 is 1.05 bits per heavy atom. The molecule has 1 atom stereocenters. The Kier molecular flexibility index (Phi) is 6.52. The van der Waals surface area contributed by atoms with E-state index in [1.807, 2.05) is 6.07 Å². The maximum Gasteiger partial charge on any atom is 0.161 e. The zero-order chi connectivity index (χ0) is 15.9. The van der Waals surface area contributed by atoms with E-state index >= 15 is 0 Å². The SMILES string of the molecule is COc1ccc([C@@H](CCC(C)C)N2CCNCC2)cc1OC. The molecule has 0 spiro atoms. The molecule has 1 saturated heterocycles. The number of nitrogens with one attached hydrogen (secondary N) is 1. The third-order valence-corrected chi connectivity index (χ3v) is 4.40. The molecule has 0 aromatic heterocycles. The topological polar surface area (TPSA) is 33.7 Å². The maximum atomic E-state index is 5.48. The monoisotopic (exact) mass is 306 g/mol. The van der Waals surface area contributed by atoms with Gasteiger partial charge in [-0.1, -0.05) is 19.9 Å². The molecule has 1 fully saturated rings. The van der Waals surface area contributed by atoms with Crippen molar-refractivity contribution in [2.45, 2.75) is 32.7 Å². The van der Waals surface area contributed by atoms with Crippen molar-refractivity contribution in [2.24, 2.45) is 5.92 Å². The summed E-state index contributed by atoms with van der Waals surface area (Å²) in [4.78, 5) is 2.60. The lowest BCUT2D eigenvalue weighted by atomic mass is 9.95. The molecule has 0 radical (unpaired) electrons. The first-order chi connectivity index (χ1) is 10.7. The Hall–Kier alpha value is -1.26. The first kappa shape index (κ1) is 17.1. The van der Waals surface area contributed by atoms with Gasteiger partial charge in [-0.3, -0.25) is 4.90 Å². The molecule has 1 heterocycles. The zero-order valence-electron chi connectivity index (χ0n) is 14.4. The second-order valence-electron chi connectivity index (χ2n) is 6.39. The molecule has 124 valence electrons. The molecule has 2 rings (SSSR count). The molecule has 1 N–H and O–H groups in total. The van der Waals surface area contributed by atoms with E-state index in [-0.39, 0.29) is 0 Å². The Morgan fingerprint density at radius 2 is 1.73 bits per heavy atom. The Labute approximate surface area is 134 Å². The summed E-state index contributed by atoms with van der Waals surface area (Å²) in [5.74, 6) is 2.35. The molecule has 1 aliphatic heterocycles. The lowest BCUT2D eigenvalue weighted by molar-refractivity contribution is 0.159. The number of rotatable bonds is 7. The lowest BCUT2D eigenvalue weighted by Crippen LogP contribution is -2.45. The summed E-state index contributed by atoms with van der Waals surface area (Å²) >= 11 is 0. The average molecular weight is 306 g/mol. The quantitative estimate of drug-likeness (QED) is 0.839. The van der Waals surface area contributed by atoms with Gasteiger partial charge >= 0.3 is 0 Å². The van der Waals surface area contributed by atoms with Crippen LogP contribution in [0.4, 0.5) is 0 Å². The second kappa shape index (κ2) is 8.39. The van der Waals surface area contributed by atoms with Crippen LogP contribution in [0, 0.1) is 5.92 Å². The number of hydrogen-bond acceptors (Lipinski definition) is 4. The predicted octanol–water partition coefficient (Wildman–Crippen LogP) is 3.09. The van der Waals surface area contributed by atoms with Gasteiger partial charge < -0.3 is 14.8 Å². The maximum absolute atomic E-state index is 5.48. The molecule has 0 bridgehead atoms. The highest BCUT2D eigenvalue weighted by atomic mass is 16.5. The lowest BCUT2D eigenvalue weighted by Gasteiger charge is -2.36. The summed E-state index contributed by atoms with van der Waals surface area (Å²) in [6, 6.07) is 6.82. The highest BCUT2D eigenvalue weighted by Crippen LogP contribution is 2.34. The highest BCUT2D eigenvalue weighted by Gasteiger charge is 2.23. The minimum atomic E-state index is 0.462. The van der Waals surface area contributed by atoms with Crippen LogP contribution in [0.25, 0.3) is 0 Å². The van der Waals surface area contributed by atoms with Crippen molar-refractivity contribution in [3.05, 3.63) is 23.8 Å². The first-order valence-electron chi connectivity index (χ1n) is 8.32. The van der Waals surface area contributed by atoms with Crippen molar-refractivity contribution in [1.29, 1.82) is 0 Å². The predicted molar refractivity (Wildman–Crippen MR) is 90.8 cm³/mol. The summed E-state index contributed by atoms with van der Waals surface area (Å²) in [5, 5.41) is 3.44. The van der Waals surface area contributed by atoms with Crippen LogP contribution in [0.1, 0.15) is 38.3 Å². The van der Waals surface area contributed by atoms with Gasteiger partial charge in [-0.15, -0.1) is 0 Å². The third-order valence-electron chi connectivity index (χ3n) is 4.40. The molecule has 0 amide bonds. The Bertz CT molecular complexity index is 456. The Balaban J connectivity index is 2.22. The summed E-state index contributed by atoms with van der Waals surface area (Å²) in [6.07, 6.45) is 2.43. The van der Waals surface area contributed by atoms with Crippen molar-refractivity contribution in [1.82, 2.24) is 10.2 Å². The smallest absolute Gasteiger partial charge is 0.161 e. The van der Waals surface area contributed by atoms with Crippen LogP contribution in [-0.4, -0.2) is 45.3 Å². The highest BCUT2D eigenvalue weighted by molar-refractivity contribution is 5.43. The molecule has 1 aromatic rings. The van der Waals surface area contributed by atoms with Gasteiger partial charge in [0.05, 0.1) is 14.2 Å². The fraction of sp³-hybridized carbons (Fsp3) is 0.667. The van der Waals surface area contributed by atoms with Gasteiger partial charge in [0.25, 0.3) is 0 Å². The fourth-order valence-corrected chi connectivity index (χ4v) is 3.11. The summed E-state index contributed by atoms with van der Waals surface area (Å²) in [6.45, 7) is 8.96.